The molecular weight excluding hydrogens is 232 g/mol. The zero-order valence-corrected chi connectivity index (χ0v) is 12.1. The van der Waals surface area contributed by atoms with Gasteiger partial charge in [-0.3, -0.25) is 0 Å². The zero-order valence-electron chi connectivity index (χ0n) is 12.1. The minimum atomic E-state index is 0.301. The maximum Gasteiger partial charge on any atom is 0.138 e. The zero-order chi connectivity index (χ0) is 13.6. The van der Waals surface area contributed by atoms with Crippen molar-refractivity contribution in [1.82, 2.24) is 0 Å². The lowest BCUT2D eigenvalue weighted by Gasteiger charge is -2.17. The summed E-state index contributed by atoms with van der Waals surface area (Å²) in [5, 5.41) is 2.44. The second-order valence-corrected chi connectivity index (χ2v) is 6.62. The molecule has 0 unspecified atom stereocenters. The highest BCUT2D eigenvalue weighted by Crippen LogP contribution is 2.32. The Labute approximate surface area is 114 Å². The van der Waals surface area contributed by atoms with Crippen molar-refractivity contribution in [3.05, 3.63) is 47.5 Å². The summed E-state index contributed by atoms with van der Waals surface area (Å²) < 4.78 is 6.04. The van der Waals surface area contributed by atoms with Gasteiger partial charge in [0, 0.05) is 10.8 Å². The third-order valence-corrected chi connectivity index (χ3v) is 3.49. The SMILES string of the molecule is Cc1cccc2c1oc1cc(CC(C)(C)C)ccc12. The lowest BCUT2D eigenvalue weighted by atomic mass is 9.88. The molecule has 1 heterocycles. The minimum absolute atomic E-state index is 0.301. The Morgan fingerprint density at radius 3 is 2.53 bits per heavy atom. The van der Waals surface area contributed by atoms with Gasteiger partial charge >= 0.3 is 0 Å². The van der Waals surface area contributed by atoms with E-state index in [1.165, 1.54) is 21.9 Å². The number of aryl methyl sites for hydroxylation is 1. The molecule has 0 radical (unpaired) electrons. The van der Waals surface area contributed by atoms with Crippen molar-refractivity contribution in [1.29, 1.82) is 0 Å². The molecule has 3 rings (SSSR count). The lowest BCUT2D eigenvalue weighted by molar-refractivity contribution is 0.411. The molecule has 3 aromatic rings. The summed E-state index contributed by atoms with van der Waals surface area (Å²) in [7, 11) is 0. The lowest BCUT2D eigenvalue weighted by Crippen LogP contribution is -2.08. The molecule has 0 aliphatic heterocycles. The monoisotopic (exact) mass is 252 g/mol. The molecule has 19 heavy (non-hydrogen) atoms. The molecule has 1 nitrogen and oxygen atoms in total. The van der Waals surface area contributed by atoms with Crippen LogP contribution in [0.2, 0.25) is 0 Å². The van der Waals surface area contributed by atoms with E-state index in [2.05, 4.69) is 64.1 Å². The first-order valence-electron chi connectivity index (χ1n) is 6.85. The van der Waals surface area contributed by atoms with Crippen molar-refractivity contribution in [2.24, 2.45) is 5.41 Å². The van der Waals surface area contributed by atoms with Crippen LogP contribution in [-0.4, -0.2) is 0 Å². The number of rotatable bonds is 1. The molecule has 98 valence electrons. The minimum Gasteiger partial charge on any atom is -0.456 e. The summed E-state index contributed by atoms with van der Waals surface area (Å²) in [6.45, 7) is 8.89. The van der Waals surface area contributed by atoms with E-state index in [1.54, 1.807) is 0 Å². The van der Waals surface area contributed by atoms with E-state index < -0.39 is 0 Å². The predicted octanol–water partition coefficient (Wildman–Crippen LogP) is 5.48. The average molecular weight is 252 g/mol. The second kappa shape index (κ2) is 4.12. The highest BCUT2D eigenvalue weighted by Gasteiger charge is 2.13. The average Bonchev–Trinajstić information content (AvgIpc) is 2.66. The van der Waals surface area contributed by atoms with E-state index in [4.69, 9.17) is 4.42 Å². The van der Waals surface area contributed by atoms with Crippen LogP contribution in [0.3, 0.4) is 0 Å². The standard InChI is InChI=1S/C18H20O/c1-12-6-5-7-15-14-9-8-13(11-18(2,3)4)10-16(14)19-17(12)15/h5-10H,11H2,1-4H3. The molecule has 0 saturated heterocycles. The van der Waals surface area contributed by atoms with E-state index in [0.717, 1.165) is 17.6 Å². The highest BCUT2D eigenvalue weighted by atomic mass is 16.3. The van der Waals surface area contributed by atoms with Crippen LogP contribution in [0.1, 0.15) is 31.9 Å². The van der Waals surface area contributed by atoms with Crippen LogP contribution < -0.4 is 0 Å². The molecule has 0 atom stereocenters. The maximum absolute atomic E-state index is 6.04. The van der Waals surface area contributed by atoms with Gasteiger partial charge in [0.15, 0.2) is 0 Å². The van der Waals surface area contributed by atoms with Gasteiger partial charge < -0.3 is 4.42 Å². The number of para-hydroxylation sites is 1. The molecule has 0 spiro atoms. The van der Waals surface area contributed by atoms with Gasteiger partial charge in [0.2, 0.25) is 0 Å². The van der Waals surface area contributed by atoms with Gasteiger partial charge in [-0.1, -0.05) is 51.1 Å². The molecule has 2 aromatic carbocycles. The van der Waals surface area contributed by atoms with Crippen molar-refractivity contribution < 1.29 is 4.42 Å². The van der Waals surface area contributed by atoms with Crippen LogP contribution in [0.5, 0.6) is 0 Å². The van der Waals surface area contributed by atoms with Crippen LogP contribution in [0.4, 0.5) is 0 Å². The van der Waals surface area contributed by atoms with Crippen molar-refractivity contribution in [2.75, 3.05) is 0 Å². The van der Waals surface area contributed by atoms with Gasteiger partial charge in [-0.2, -0.15) is 0 Å². The fourth-order valence-electron chi connectivity index (χ4n) is 2.71. The van der Waals surface area contributed by atoms with E-state index in [9.17, 15) is 0 Å². The smallest absolute Gasteiger partial charge is 0.138 e. The maximum atomic E-state index is 6.04. The number of benzene rings is 2. The van der Waals surface area contributed by atoms with Gasteiger partial charge in [-0.05, 0) is 36.0 Å². The quantitative estimate of drug-likeness (QED) is 0.558. The van der Waals surface area contributed by atoms with Gasteiger partial charge in [0.05, 0.1) is 0 Å². The third kappa shape index (κ3) is 2.25. The van der Waals surface area contributed by atoms with Crippen LogP contribution in [-0.2, 0) is 6.42 Å². The van der Waals surface area contributed by atoms with Crippen LogP contribution in [0.15, 0.2) is 40.8 Å². The summed E-state index contributed by atoms with van der Waals surface area (Å²) in [5.41, 5.74) is 4.87. The van der Waals surface area contributed by atoms with Gasteiger partial charge in [0.1, 0.15) is 11.2 Å². The van der Waals surface area contributed by atoms with Crippen LogP contribution >= 0.6 is 0 Å². The summed E-state index contributed by atoms with van der Waals surface area (Å²) in [6.07, 6.45) is 1.07. The van der Waals surface area contributed by atoms with E-state index in [0.29, 0.717) is 5.41 Å². The number of hydrogen-bond acceptors (Lipinski definition) is 1. The molecule has 0 N–H and O–H groups in total. The molecule has 1 aromatic heterocycles. The van der Waals surface area contributed by atoms with Gasteiger partial charge in [0.25, 0.3) is 0 Å². The molecule has 0 aliphatic rings. The van der Waals surface area contributed by atoms with Crippen molar-refractivity contribution in [3.8, 4) is 0 Å². The summed E-state index contributed by atoms with van der Waals surface area (Å²) in [4.78, 5) is 0. The van der Waals surface area contributed by atoms with E-state index in [-0.39, 0.29) is 0 Å². The van der Waals surface area contributed by atoms with Crippen LogP contribution in [0.25, 0.3) is 21.9 Å². The molecule has 0 aliphatic carbocycles. The van der Waals surface area contributed by atoms with E-state index >= 15 is 0 Å². The first-order valence-corrected chi connectivity index (χ1v) is 6.85. The number of fused-ring (bicyclic) bond motifs is 3. The molecule has 0 amide bonds. The van der Waals surface area contributed by atoms with Crippen molar-refractivity contribution >= 4 is 21.9 Å². The number of furan rings is 1. The Hall–Kier alpha value is -1.76. The van der Waals surface area contributed by atoms with Crippen molar-refractivity contribution in [2.45, 2.75) is 34.1 Å². The Bertz CT molecular complexity index is 741. The first kappa shape index (κ1) is 12.3. The first-order chi connectivity index (χ1) is 8.94. The topological polar surface area (TPSA) is 13.1 Å². The van der Waals surface area contributed by atoms with E-state index in [1.807, 2.05) is 0 Å². The van der Waals surface area contributed by atoms with Gasteiger partial charge in [-0.15, -0.1) is 0 Å². The molecular formula is C18H20O. The summed E-state index contributed by atoms with van der Waals surface area (Å²) in [5.74, 6) is 0. The third-order valence-electron chi connectivity index (χ3n) is 3.49. The Balaban J connectivity index is 2.19. The predicted molar refractivity (Wildman–Crippen MR) is 81.6 cm³/mol. The summed E-state index contributed by atoms with van der Waals surface area (Å²) in [6, 6.07) is 12.9. The Morgan fingerprint density at radius 2 is 1.79 bits per heavy atom. The molecule has 0 bridgehead atoms. The normalized spacial score (nSPS) is 12.4. The van der Waals surface area contributed by atoms with Crippen molar-refractivity contribution in [3.63, 3.8) is 0 Å². The highest BCUT2D eigenvalue weighted by molar-refractivity contribution is 6.05. The van der Waals surface area contributed by atoms with Crippen LogP contribution in [0, 0.1) is 12.3 Å². The molecule has 0 fully saturated rings. The Kier molecular flexibility index (Phi) is 2.67. The fraction of sp³-hybridized carbons (Fsp3) is 0.333. The fourth-order valence-corrected chi connectivity index (χ4v) is 2.71. The largest absolute Gasteiger partial charge is 0.456 e. The Morgan fingerprint density at radius 1 is 1.00 bits per heavy atom. The van der Waals surface area contributed by atoms with Gasteiger partial charge in [-0.25, -0.2) is 0 Å². The second-order valence-electron chi connectivity index (χ2n) is 6.62. The number of hydrogen-bond donors (Lipinski definition) is 0. The molecule has 0 saturated carbocycles. The summed E-state index contributed by atoms with van der Waals surface area (Å²) >= 11 is 0. The molecule has 1 heteroatoms.